The third-order valence-corrected chi connectivity index (χ3v) is 3.80. The molecule has 1 fully saturated rings. The average molecular weight is 313 g/mol. The summed E-state index contributed by atoms with van der Waals surface area (Å²) in [7, 11) is 0. The van der Waals surface area contributed by atoms with E-state index < -0.39 is 5.54 Å². The van der Waals surface area contributed by atoms with Gasteiger partial charge in [-0.1, -0.05) is 6.07 Å². The fraction of sp³-hybridized carbons (Fsp3) is 0.462. The number of nitrogens with two attached hydrogens (primary N) is 1. The SMILES string of the molecule is Cc1cc(C)c(NC(=O)C2(N)CCOC2)c(Br)c1. The van der Waals surface area contributed by atoms with Crippen molar-refractivity contribution in [2.75, 3.05) is 18.5 Å². The second-order valence-corrected chi connectivity index (χ2v) is 5.71. The molecule has 0 radical (unpaired) electrons. The average Bonchev–Trinajstić information content (AvgIpc) is 2.71. The Kier molecular flexibility index (Phi) is 3.75. The van der Waals surface area contributed by atoms with Gasteiger partial charge in [0.2, 0.25) is 5.91 Å². The van der Waals surface area contributed by atoms with Crippen LogP contribution in [0.15, 0.2) is 16.6 Å². The minimum atomic E-state index is -0.906. The predicted octanol–water partition coefficient (Wildman–Crippen LogP) is 2.12. The Morgan fingerprint density at radius 2 is 2.22 bits per heavy atom. The molecule has 1 aromatic carbocycles. The Hall–Kier alpha value is -0.910. The van der Waals surface area contributed by atoms with E-state index in [2.05, 4.69) is 21.2 Å². The lowest BCUT2D eigenvalue weighted by atomic mass is 9.99. The maximum absolute atomic E-state index is 12.2. The standard InChI is InChI=1S/C13H17BrN2O2/c1-8-5-9(2)11(10(14)6-8)16-12(17)13(15)3-4-18-7-13/h5-6H,3-4,7,15H2,1-2H3,(H,16,17). The van der Waals surface area contributed by atoms with E-state index in [-0.39, 0.29) is 12.5 Å². The Balaban J connectivity index is 2.22. The number of benzene rings is 1. The van der Waals surface area contributed by atoms with Crippen molar-refractivity contribution >= 4 is 27.5 Å². The molecule has 1 aromatic rings. The maximum atomic E-state index is 12.2. The van der Waals surface area contributed by atoms with Crippen LogP contribution in [0.3, 0.4) is 0 Å². The van der Waals surface area contributed by atoms with Crippen molar-refractivity contribution in [2.24, 2.45) is 5.73 Å². The molecule has 0 aliphatic carbocycles. The fourth-order valence-corrected chi connectivity index (χ4v) is 2.84. The van der Waals surface area contributed by atoms with Crippen LogP contribution in [0, 0.1) is 13.8 Å². The summed E-state index contributed by atoms with van der Waals surface area (Å²) in [5, 5.41) is 2.90. The van der Waals surface area contributed by atoms with E-state index in [4.69, 9.17) is 10.5 Å². The van der Waals surface area contributed by atoms with Gasteiger partial charge < -0.3 is 15.8 Å². The van der Waals surface area contributed by atoms with Crippen LogP contribution in [0.5, 0.6) is 0 Å². The zero-order chi connectivity index (χ0) is 13.3. The summed E-state index contributed by atoms with van der Waals surface area (Å²) < 4.78 is 6.07. The van der Waals surface area contributed by atoms with E-state index in [0.717, 1.165) is 21.3 Å². The van der Waals surface area contributed by atoms with Gasteiger partial charge in [0.15, 0.2) is 0 Å². The van der Waals surface area contributed by atoms with Gasteiger partial charge in [-0.2, -0.15) is 0 Å². The molecule has 0 bridgehead atoms. The minimum Gasteiger partial charge on any atom is -0.379 e. The quantitative estimate of drug-likeness (QED) is 0.879. The first kappa shape index (κ1) is 13.5. The van der Waals surface area contributed by atoms with Crippen molar-refractivity contribution in [3.8, 4) is 0 Å². The van der Waals surface area contributed by atoms with E-state index >= 15 is 0 Å². The second-order valence-electron chi connectivity index (χ2n) is 4.85. The molecule has 1 unspecified atom stereocenters. The molecule has 4 nitrogen and oxygen atoms in total. The van der Waals surface area contributed by atoms with E-state index in [1.807, 2.05) is 26.0 Å². The number of rotatable bonds is 2. The Morgan fingerprint density at radius 1 is 1.50 bits per heavy atom. The molecule has 98 valence electrons. The normalized spacial score (nSPS) is 23.1. The molecule has 2 rings (SSSR count). The largest absolute Gasteiger partial charge is 0.379 e. The van der Waals surface area contributed by atoms with Gasteiger partial charge in [-0.15, -0.1) is 0 Å². The van der Waals surface area contributed by atoms with Crippen molar-refractivity contribution in [1.82, 2.24) is 0 Å². The van der Waals surface area contributed by atoms with E-state index in [9.17, 15) is 4.79 Å². The number of hydrogen-bond acceptors (Lipinski definition) is 3. The third-order valence-electron chi connectivity index (χ3n) is 3.17. The lowest BCUT2D eigenvalue weighted by molar-refractivity contribution is -0.121. The molecular weight excluding hydrogens is 296 g/mol. The zero-order valence-corrected chi connectivity index (χ0v) is 12.1. The molecule has 18 heavy (non-hydrogen) atoms. The number of aryl methyl sites for hydroxylation is 2. The van der Waals surface area contributed by atoms with E-state index in [1.165, 1.54) is 0 Å². The van der Waals surface area contributed by atoms with Gasteiger partial charge in [0.1, 0.15) is 5.54 Å². The van der Waals surface area contributed by atoms with Gasteiger partial charge in [0, 0.05) is 11.1 Å². The molecule has 0 saturated carbocycles. The minimum absolute atomic E-state index is 0.187. The number of carbonyl (C=O) groups excluding carboxylic acids is 1. The highest BCUT2D eigenvalue weighted by atomic mass is 79.9. The number of carbonyl (C=O) groups is 1. The zero-order valence-electron chi connectivity index (χ0n) is 10.5. The topological polar surface area (TPSA) is 64.4 Å². The molecular formula is C13H17BrN2O2. The molecule has 0 aromatic heterocycles. The van der Waals surface area contributed by atoms with Crippen LogP contribution in [0.1, 0.15) is 17.5 Å². The highest BCUT2D eigenvalue weighted by Gasteiger charge is 2.38. The lowest BCUT2D eigenvalue weighted by Crippen LogP contribution is -2.51. The monoisotopic (exact) mass is 312 g/mol. The summed E-state index contributed by atoms with van der Waals surface area (Å²) in [4.78, 5) is 12.2. The smallest absolute Gasteiger partial charge is 0.246 e. The van der Waals surface area contributed by atoms with Crippen molar-refractivity contribution in [3.63, 3.8) is 0 Å². The molecule has 1 atom stereocenters. The van der Waals surface area contributed by atoms with Gasteiger partial charge in [-0.05, 0) is 53.4 Å². The molecule has 1 amide bonds. The molecule has 0 spiro atoms. The maximum Gasteiger partial charge on any atom is 0.246 e. The first-order chi connectivity index (χ1) is 8.42. The highest BCUT2D eigenvalue weighted by Crippen LogP contribution is 2.29. The second kappa shape index (κ2) is 4.99. The first-order valence-electron chi connectivity index (χ1n) is 5.87. The van der Waals surface area contributed by atoms with Gasteiger partial charge >= 0.3 is 0 Å². The summed E-state index contributed by atoms with van der Waals surface area (Å²) in [5.41, 5.74) is 8.06. The molecule has 1 aliphatic rings. The Morgan fingerprint density at radius 3 is 2.78 bits per heavy atom. The van der Waals surface area contributed by atoms with Crippen molar-refractivity contribution in [1.29, 1.82) is 0 Å². The lowest BCUT2D eigenvalue weighted by Gasteiger charge is -2.22. The van der Waals surface area contributed by atoms with E-state index in [1.54, 1.807) is 0 Å². The number of hydrogen-bond donors (Lipinski definition) is 2. The number of ether oxygens (including phenoxy) is 1. The third kappa shape index (κ3) is 2.58. The van der Waals surface area contributed by atoms with Crippen molar-refractivity contribution in [2.45, 2.75) is 25.8 Å². The van der Waals surface area contributed by atoms with Gasteiger partial charge in [-0.3, -0.25) is 4.79 Å². The summed E-state index contributed by atoms with van der Waals surface area (Å²) in [6.07, 6.45) is 0.557. The number of anilines is 1. The van der Waals surface area contributed by atoms with Gasteiger partial charge in [0.25, 0.3) is 0 Å². The fourth-order valence-electron chi connectivity index (χ4n) is 2.07. The molecule has 1 heterocycles. The predicted molar refractivity (Wildman–Crippen MR) is 74.6 cm³/mol. The first-order valence-corrected chi connectivity index (χ1v) is 6.66. The summed E-state index contributed by atoms with van der Waals surface area (Å²) in [6, 6.07) is 3.99. The van der Waals surface area contributed by atoms with Crippen LogP contribution < -0.4 is 11.1 Å². The summed E-state index contributed by atoms with van der Waals surface area (Å²) in [6.45, 7) is 4.79. The number of halogens is 1. The Bertz CT molecular complexity index is 459. The van der Waals surface area contributed by atoms with E-state index in [0.29, 0.717) is 13.0 Å². The van der Waals surface area contributed by atoms with Crippen LogP contribution in [0.4, 0.5) is 5.69 Å². The number of nitrogens with one attached hydrogen (secondary N) is 1. The summed E-state index contributed by atoms with van der Waals surface area (Å²) >= 11 is 3.47. The molecule has 5 heteroatoms. The number of amides is 1. The molecule has 1 saturated heterocycles. The summed E-state index contributed by atoms with van der Waals surface area (Å²) in [5.74, 6) is -0.187. The van der Waals surface area contributed by atoms with Crippen LogP contribution in [0.25, 0.3) is 0 Å². The highest BCUT2D eigenvalue weighted by molar-refractivity contribution is 9.10. The van der Waals surface area contributed by atoms with Gasteiger partial charge in [0.05, 0.1) is 12.3 Å². The van der Waals surface area contributed by atoms with Crippen LogP contribution in [-0.2, 0) is 9.53 Å². The van der Waals surface area contributed by atoms with Crippen LogP contribution in [-0.4, -0.2) is 24.7 Å². The Labute approximate surface area is 115 Å². The van der Waals surface area contributed by atoms with Crippen molar-refractivity contribution in [3.05, 3.63) is 27.7 Å². The molecule has 3 N–H and O–H groups in total. The van der Waals surface area contributed by atoms with Crippen LogP contribution in [0.2, 0.25) is 0 Å². The van der Waals surface area contributed by atoms with Gasteiger partial charge in [-0.25, -0.2) is 0 Å². The molecule has 1 aliphatic heterocycles. The van der Waals surface area contributed by atoms with Crippen molar-refractivity contribution < 1.29 is 9.53 Å². The van der Waals surface area contributed by atoms with Crippen LogP contribution >= 0.6 is 15.9 Å².